The average Bonchev–Trinajstić information content (AvgIpc) is 2.82. The molecule has 0 fully saturated rings. The topological polar surface area (TPSA) is 75.6 Å². The molecule has 5 nitrogen and oxygen atoms in total. The second kappa shape index (κ2) is 7.85. The minimum atomic E-state index is -3.51. The lowest BCUT2D eigenvalue weighted by molar-refractivity contribution is 0.133. The SMILES string of the molecule is CCCOCCCNS(=O)(=O)c1ccsc1CO. The summed E-state index contributed by atoms with van der Waals surface area (Å²) < 4.78 is 31.6. The normalized spacial score (nSPS) is 11.9. The highest BCUT2D eigenvalue weighted by atomic mass is 32.2. The summed E-state index contributed by atoms with van der Waals surface area (Å²) in [6.45, 7) is 3.36. The Hall–Kier alpha value is -0.470. The molecule has 0 aliphatic rings. The van der Waals surface area contributed by atoms with Gasteiger partial charge in [-0.15, -0.1) is 11.3 Å². The Morgan fingerprint density at radius 3 is 2.89 bits per heavy atom. The lowest BCUT2D eigenvalue weighted by atomic mass is 10.4. The maximum absolute atomic E-state index is 11.9. The Bertz CT molecular complexity index is 442. The van der Waals surface area contributed by atoms with Crippen molar-refractivity contribution in [2.24, 2.45) is 0 Å². The molecule has 0 atom stereocenters. The largest absolute Gasteiger partial charge is 0.391 e. The maximum atomic E-state index is 11.9. The highest BCUT2D eigenvalue weighted by molar-refractivity contribution is 7.89. The van der Waals surface area contributed by atoms with Crippen LogP contribution < -0.4 is 4.72 Å². The van der Waals surface area contributed by atoms with E-state index in [2.05, 4.69) is 4.72 Å². The molecule has 0 radical (unpaired) electrons. The number of hydrogen-bond donors (Lipinski definition) is 2. The van der Waals surface area contributed by atoms with Gasteiger partial charge in [-0.05, 0) is 24.3 Å². The summed E-state index contributed by atoms with van der Waals surface area (Å²) in [6, 6.07) is 1.51. The maximum Gasteiger partial charge on any atom is 0.241 e. The van der Waals surface area contributed by atoms with Gasteiger partial charge in [-0.2, -0.15) is 0 Å². The zero-order valence-electron chi connectivity index (χ0n) is 10.4. The quantitative estimate of drug-likeness (QED) is 0.674. The third kappa shape index (κ3) is 4.66. The van der Waals surface area contributed by atoms with Gasteiger partial charge in [-0.25, -0.2) is 13.1 Å². The molecule has 1 aromatic rings. The number of aliphatic hydroxyl groups is 1. The standard InChI is InChI=1S/C11H19NO4S2/c1-2-6-16-7-3-5-12-18(14,15)11-4-8-17-10(11)9-13/h4,8,12-13H,2-3,5-7,9H2,1H3. The van der Waals surface area contributed by atoms with Crippen LogP contribution in [-0.4, -0.2) is 33.3 Å². The van der Waals surface area contributed by atoms with Crippen molar-refractivity contribution in [2.75, 3.05) is 19.8 Å². The molecular weight excluding hydrogens is 274 g/mol. The summed E-state index contributed by atoms with van der Waals surface area (Å²) in [4.78, 5) is 0.634. The molecule has 0 unspecified atom stereocenters. The smallest absolute Gasteiger partial charge is 0.241 e. The van der Waals surface area contributed by atoms with Crippen LogP contribution in [0.25, 0.3) is 0 Å². The Morgan fingerprint density at radius 2 is 2.22 bits per heavy atom. The van der Waals surface area contributed by atoms with E-state index in [9.17, 15) is 8.42 Å². The Kier molecular flexibility index (Phi) is 6.80. The molecule has 104 valence electrons. The number of thiophene rings is 1. The molecule has 0 saturated carbocycles. The fourth-order valence-electron chi connectivity index (χ4n) is 1.39. The fourth-order valence-corrected chi connectivity index (χ4v) is 3.76. The van der Waals surface area contributed by atoms with E-state index in [1.807, 2.05) is 6.92 Å². The van der Waals surface area contributed by atoms with Crippen LogP contribution in [0.15, 0.2) is 16.3 Å². The minimum absolute atomic E-state index is 0.171. The van der Waals surface area contributed by atoms with Crippen molar-refractivity contribution in [3.63, 3.8) is 0 Å². The van der Waals surface area contributed by atoms with Crippen LogP contribution in [0, 0.1) is 0 Å². The van der Waals surface area contributed by atoms with Gasteiger partial charge in [0.2, 0.25) is 10.0 Å². The van der Waals surface area contributed by atoms with Crippen molar-refractivity contribution in [2.45, 2.75) is 31.3 Å². The number of rotatable bonds is 9. The van der Waals surface area contributed by atoms with Gasteiger partial charge < -0.3 is 9.84 Å². The summed E-state index contributed by atoms with van der Waals surface area (Å²) >= 11 is 1.23. The third-order valence-corrected chi connectivity index (χ3v) is 4.82. The molecule has 1 aromatic heterocycles. The first-order chi connectivity index (χ1) is 8.61. The molecule has 0 amide bonds. The van der Waals surface area contributed by atoms with E-state index in [1.54, 1.807) is 5.38 Å². The van der Waals surface area contributed by atoms with Gasteiger partial charge in [0, 0.05) is 24.6 Å². The van der Waals surface area contributed by atoms with E-state index in [4.69, 9.17) is 9.84 Å². The zero-order valence-corrected chi connectivity index (χ0v) is 12.0. The minimum Gasteiger partial charge on any atom is -0.391 e. The third-order valence-electron chi connectivity index (χ3n) is 2.24. The van der Waals surface area contributed by atoms with Crippen molar-refractivity contribution < 1.29 is 18.3 Å². The molecule has 1 heterocycles. The molecule has 0 aliphatic carbocycles. The first-order valence-corrected chi connectivity index (χ1v) is 8.22. The van der Waals surface area contributed by atoms with Gasteiger partial charge in [0.05, 0.1) is 11.5 Å². The number of hydrogen-bond acceptors (Lipinski definition) is 5. The van der Waals surface area contributed by atoms with Crippen LogP contribution in [0.2, 0.25) is 0 Å². The number of ether oxygens (including phenoxy) is 1. The van der Waals surface area contributed by atoms with E-state index >= 15 is 0 Å². The predicted octanol–water partition coefficient (Wildman–Crippen LogP) is 1.34. The number of nitrogens with one attached hydrogen (secondary N) is 1. The van der Waals surface area contributed by atoms with E-state index in [0.29, 0.717) is 31.1 Å². The number of aliphatic hydroxyl groups excluding tert-OH is 1. The van der Waals surface area contributed by atoms with E-state index in [0.717, 1.165) is 6.42 Å². The van der Waals surface area contributed by atoms with Crippen LogP contribution in [0.4, 0.5) is 0 Å². The Balaban J connectivity index is 2.41. The molecule has 0 spiro atoms. The lowest BCUT2D eigenvalue weighted by Gasteiger charge is -2.07. The lowest BCUT2D eigenvalue weighted by Crippen LogP contribution is -2.26. The van der Waals surface area contributed by atoms with Gasteiger partial charge in [-0.3, -0.25) is 0 Å². The predicted molar refractivity (Wildman–Crippen MR) is 71.2 cm³/mol. The van der Waals surface area contributed by atoms with Gasteiger partial charge >= 0.3 is 0 Å². The summed E-state index contributed by atoms with van der Waals surface area (Å²) in [5.74, 6) is 0. The molecule has 1 rings (SSSR count). The Morgan fingerprint density at radius 1 is 1.44 bits per heavy atom. The second-order valence-electron chi connectivity index (χ2n) is 3.73. The van der Waals surface area contributed by atoms with Crippen molar-refractivity contribution >= 4 is 21.4 Å². The van der Waals surface area contributed by atoms with Crippen molar-refractivity contribution in [3.05, 3.63) is 16.3 Å². The molecule has 0 aromatic carbocycles. The van der Waals surface area contributed by atoms with Gasteiger partial charge in [0.25, 0.3) is 0 Å². The Labute approximate surface area is 112 Å². The first-order valence-electron chi connectivity index (χ1n) is 5.86. The van der Waals surface area contributed by atoms with Gasteiger partial charge in [-0.1, -0.05) is 6.92 Å². The molecule has 0 bridgehead atoms. The molecule has 2 N–H and O–H groups in total. The second-order valence-corrected chi connectivity index (χ2v) is 6.47. The van der Waals surface area contributed by atoms with Crippen LogP contribution in [0.5, 0.6) is 0 Å². The fraction of sp³-hybridized carbons (Fsp3) is 0.636. The molecule has 7 heteroatoms. The van der Waals surface area contributed by atoms with Crippen LogP contribution >= 0.6 is 11.3 Å². The molecule has 18 heavy (non-hydrogen) atoms. The summed E-state index contributed by atoms with van der Waals surface area (Å²) in [6.07, 6.45) is 1.60. The van der Waals surface area contributed by atoms with E-state index in [1.165, 1.54) is 17.4 Å². The summed E-state index contributed by atoms with van der Waals surface area (Å²) in [7, 11) is -3.51. The van der Waals surface area contributed by atoms with E-state index < -0.39 is 10.0 Å². The summed E-state index contributed by atoms with van der Waals surface area (Å²) in [5.41, 5.74) is 0. The molecule has 0 saturated heterocycles. The monoisotopic (exact) mass is 293 g/mol. The van der Waals surface area contributed by atoms with Crippen LogP contribution in [0.3, 0.4) is 0 Å². The average molecular weight is 293 g/mol. The zero-order chi connectivity index (χ0) is 13.4. The van der Waals surface area contributed by atoms with E-state index in [-0.39, 0.29) is 11.5 Å². The van der Waals surface area contributed by atoms with Gasteiger partial charge in [0.1, 0.15) is 0 Å². The number of sulfonamides is 1. The van der Waals surface area contributed by atoms with Crippen molar-refractivity contribution in [3.8, 4) is 0 Å². The highest BCUT2D eigenvalue weighted by Gasteiger charge is 2.18. The summed E-state index contributed by atoms with van der Waals surface area (Å²) in [5, 5.41) is 10.7. The molecular formula is C11H19NO4S2. The van der Waals surface area contributed by atoms with Crippen molar-refractivity contribution in [1.29, 1.82) is 0 Å². The molecule has 0 aliphatic heterocycles. The van der Waals surface area contributed by atoms with Crippen LogP contribution in [-0.2, 0) is 21.4 Å². The van der Waals surface area contributed by atoms with Crippen LogP contribution in [0.1, 0.15) is 24.6 Å². The van der Waals surface area contributed by atoms with Crippen molar-refractivity contribution in [1.82, 2.24) is 4.72 Å². The van der Waals surface area contributed by atoms with Gasteiger partial charge in [0.15, 0.2) is 0 Å². The highest BCUT2D eigenvalue weighted by Crippen LogP contribution is 2.21. The first kappa shape index (κ1) is 15.6.